The highest BCUT2D eigenvalue weighted by Gasteiger charge is 2.37. The van der Waals surface area contributed by atoms with E-state index in [0.29, 0.717) is 18.1 Å². The maximum Gasteiger partial charge on any atom is 0.0773 e. The molecule has 1 aliphatic carbocycles. The molecule has 0 aromatic heterocycles. The van der Waals surface area contributed by atoms with Crippen LogP contribution in [-0.2, 0) is 9.47 Å². The zero-order chi connectivity index (χ0) is 15.3. The molecule has 2 atom stereocenters. The van der Waals surface area contributed by atoms with E-state index in [-0.39, 0.29) is 43.6 Å². The van der Waals surface area contributed by atoms with E-state index in [1.807, 2.05) is 0 Å². The number of hydrogen-bond donors (Lipinski definition) is 3. The number of rotatable bonds is 5. The first-order chi connectivity index (χ1) is 10.8. The van der Waals surface area contributed by atoms with Crippen LogP contribution in [0, 0.1) is 5.41 Å². The minimum absolute atomic E-state index is 0. The Bertz CT molecular complexity index is 334. The average Bonchev–Trinajstić information content (AvgIpc) is 2.57. The summed E-state index contributed by atoms with van der Waals surface area (Å²) in [6, 6.07) is 0.889. The van der Waals surface area contributed by atoms with Crippen LogP contribution >= 0.6 is 24.8 Å². The Morgan fingerprint density at radius 2 is 1.79 bits per heavy atom. The summed E-state index contributed by atoms with van der Waals surface area (Å²) in [5, 5.41) is 16.2. The number of aliphatic hydroxyl groups is 1. The number of halogens is 2. The summed E-state index contributed by atoms with van der Waals surface area (Å²) in [5.74, 6) is 0. The van der Waals surface area contributed by atoms with Crippen molar-refractivity contribution in [1.29, 1.82) is 0 Å². The van der Waals surface area contributed by atoms with Crippen molar-refractivity contribution in [2.75, 3.05) is 39.5 Å². The fourth-order valence-electron chi connectivity index (χ4n) is 4.43. The van der Waals surface area contributed by atoms with E-state index in [1.54, 1.807) is 0 Å². The van der Waals surface area contributed by atoms with Crippen LogP contribution in [0.3, 0.4) is 0 Å². The lowest BCUT2D eigenvalue weighted by molar-refractivity contribution is -0.0678. The number of hydrogen-bond acceptors (Lipinski definition) is 5. The number of piperidine rings is 1. The average molecular weight is 385 g/mol. The van der Waals surface area contributed by atoms with Crippen molar-refractivity contribution in [2.24, 2.45) is 5.41 Å². The monoisotopic (exact) mass is 384 g/mol. The fourth-order valence-corrected chi connectivity index (χ4v) is 4.43. The number of nitrogens with one attached hydrogen (secondary N) is 2. The Labute approximate surface area is 158 Å². The van der Waals surface area contributed by atoms with E-state index in [0.717, 1.165) is 19.6 Å². The highest BCUT2D eigenvalue weighted by molar-refractivity contribution is 5.85. The molecular weight excluding hydrogens is 351 g/mol. The first-order valence-corrected chi connectivity index (χ1v) is 9.08. The van der Waals surface area contributed by atoms with Crippen molar-refractivity contribution in [2.45, 2.75) is 63.1 Å². The van der Waals surface area contributed by atoms with Crippen LogP contribution in [0.1, 0.15) is 44.9 Å². The summed E-state index contributed by atoms with van der Waals surface area (Å²) in [5.41, 5.74) is 0.624. The van der Waals surface area contributed by atoms with Gasteiger partial charge in [0.15, 0.2) is 0 Å². The zero-order valence-corrected chi connectivity index (χ0v) is 16.1. The van der Waals surface area contributed by atoms with Gasteiger partial charge in [-0.15, -0.1) is 24.8 Å². The largest absolute Gasteiger partial charge is 0.394 e. The third-order valence-electron chi connectivity index (χ3n) is 5.88. The summed E-state index contributed by atoms with van der Waals surface area (Å²) in [6.07, 6.45) is 9.12. The molecule has 0 radical (unpaired) electrons. The molecule has 3 fully saturated rings. The standard InChI is InChI=1S/C17H32N2O3.2ClH/c20-10-12-22-16-3-11-21-13-15(16)19-14-1-4-17(5-2-14)6-8-18-9-7-17;;/h14-16,18-20H,1-13H2;2*1H/t15-,16+;;/m1../s1. The van der Waals surface area contributed by atoms with Crippen molar-refractivity contribution in [3.63, 3.8) is 0 Å². The van der Waals surface area contributed by atoms with Crippen LogP contribution in [0.5, 0.6) is 0 Å². The minimum Gasteiger partial charge on any atom is -0.394 e. The molecule has 2 aliphatic heterocycles. The maximum atomic E-state index is 8.96. The first-order valence-electron chi connectivity index (χ1n) is 9.08. The van der Waals surface area contributed by atoms with Gasteiger partial charge >= 0.3 is 0 Å². The molecule has 1 spiro atoms. The summed E-state index contributed by atoms with van der Waals surface area (Å²) in [6.45, 7) is 4.45. The quantitative estimate of drug-likeness (QED) is 0.675. The molecule has 3 rings (SSSR count). The molecular formula is C17H34Cl2N2O3. The van der Waals surface area contributed by atoms with Gasteiger partial charge in [0.2, 0.25) is 0 Å². The number of ether oxygens (including phenoxy) is 2. The summed E-state index contributed by atoms with van der Waals surface area (Å²) >= 11 is 0. The Balaban J connectivity index is 0.00000144. The van der Waals surface area contributed by atoms with E-state index in [1.165, 1.54) is 51.6 Å². The highest BCUT2D eigenvalue weighted by Crippen LogP contribution is 2.43. The van der Waals surface area contributed by atoms with Gasteiger partial charge in [0.1, 0.15) is 0 Å². The predicted molar refractivity (Wildman–Crippen MR) is 100 cm³/mol. The molecule has 3 N–H and O–H groups in total. The van der Waals surface area contributed by atoms with Gasteiger partial charge < -0.3 is 25.2 Å². The summed E-state index contributed by atoms with van der Waals surface area (Å²) in [4.78, 5) is 0. The van der Waals surface area contributed by atoms with Gasteiger partial charge in [-0.2, -0.15) is 0 Å². The third kappa shape index (κ3) is 5.97. The molecule has 0 bridgehead atoms. The van der Waals surface area contributed by atoms with Crippen LogP contribution in [0.15, 0.2) is 0 Å². The predicted octanol–water partition coefficient (Wildman–Crippen LogP) is 1.90. The molecule has 5 nitrogen and oxygen atoms in total. The summed E-state index contributed by atoms with van der Waals surface area (Å²) in [7, 11) is 0. The Morgan fingerprint density at radius 3 is 2.46 bits per heavy atom. The first kappa shape index (κ1) is 22.4. The van der Waals surface area contributed by atoms with E-state index in [2.05, 4.69) is 10.6 Å². The molecule has 0 aromatic rings. The van der Waals surface area contributed by atoms with Crippen molar-refractivity contribution < 1.29 is 14.6 Å². The molecule has 144 valence electrons. The lowest BCUT2D eigenvalue weighted by Gasteiger charge is -2.44. The van der Waals surface area contributed by atoms with Crippen LogP contribution < -0.4 is 10.6 Å². The van der Waals surface area contributed by atoms with E-state index in [9.17, 15) is 0 Å². The van der Waals surface area contributed by atoms with Crippen molar-refractivity contribution in [3.8, 4) is 0 Å². The van der Waals surface area contributed by atoms with Gasteiger partial charge in [0.05, 0.1) is 32.0 Å². The normalized spacial score (nSPS) is 30.4. The molecule has 7 heteroatoms. The summed E-state index contributed by atoms with van der Waals surface area (Å²) < 4.78 is 11.4. The fraction of sp³-hybridized carbons (Fsp3) is 1.00. The van der Waals surface area contributed by atoms with Crippen molar-refractivity contribution >= 4 is 24.8 Å². The topological polar surface area (TPSA) is 62.8 Å². The molecule has 0 unspecified atom stereocenters. The Hall–Kier alpha value is 0.380. The smallest absolute Gasteiger partial charge is 0.0773 e. The van der Waals surface area contributed by atoms with Crippen molar-refractivity contribution in [1.82, 2.24) is 10.6 Å². The zero-order valence-electron chi connectivity index (χ0n) is 14.5. The molecule has 0 amide bonds. The molecule has 3 aliphatic rings. The van der Waals surface area contributed by atoms with Gasteiger partial charge in [-0.05, 0) is 63.5 Å². The van der Waals surface area contributed by atoms with Crippen LogP contribution in [-0.4, -0.2) is 62.8 Å². The Morgan fingerprint density at radius 1 is 1.08 bits per heavy atom. The van der Waals surface area contributed by atoms with Gasteiger partial charge in [-0.3, -0.25) is 0 Å². The van der Waals surface area contributed by atoms with Gasteiger partial charge in [0.25, 0.3) is 0 Å². The third-order valence-corrected chi connectivity index (χ3v) is 5.88. The maximum absolute atomic E-state index is 8.96. The molecule has 0 aromatic carbocycles. The molecule has 1 saturated carbocycles. The lowest BCUT2D eigenvalue weighted by atomic mass is 9.67. The number of aliphatic hydroxyl groups excluding tert-OH is 1. The van der Waals surface area contributed by atoms with Gasteiger partial charge in [-0.25, -0.2) is 0 Å². The van der Waals surface area contributed by atoms with Crippen molar-refractivity contribution in [3.05, 3.63) is 0 Å². The van der Waals surface area contributed by atoms with Crippen LogP contribution in [0.2, 0.25) is 0 Å². The second-order valence-electron chi connectivity index (χ2n) is 7.29. The van der Waals surface area contributed by atoms with Gasteiger partial charge in [0, 0.05) is 12.6 Å². The minimum atomic E-state index is 0. The molecule has 2 saturated heterocycles. The van der Waals surface area contributed by atoms with E-state index < -0.39 is 0 Å². The van der Waals surface area contributed by atoms with E-state index in [4.69, 9.17) is 14.6 Å². The molecule has 2 heterocycles. The second kappa shape index (κ2) is 11.2. The van der Waals surface area contributed by atoms with Crippen LogP contribution in [0.4, 0.5) is 0 Å². The van der Waals surface area contributed by atoms with Crippen LogP contribution in [0.25, 0.3) is 0 Å². The van der Waals surface area contributed by atoms with E-state index >= 15 is 0 Å². The Kier molecular flexibility index (Phi) is 10.4. The highest BCUT2D eigenvalue weighted by atomic mass is 35.5. The van der Waals surface area contributed by atoms with Gasteiger partial charge in [-0.1, -0.05) is 0 Å². The SMILES string of the molecule is Cl.Cl.OCCO[C@H]1CCOC[C@H]1NC1CCC2(CCNCC2)CC1. The molecule has 24 heavy (non-hydrogen) atoms. The lowest BCUT2D eigenvalue weighted by Crippen LogP contribution is -2.53. The second-order valence-corrected chi connectivity index (χ2v) is 7.29.